The van der Waals surface area contributed by atoms with Gasteiger partial charge in [-0.05, 0) is 18.8 Å². The predicted molar refractivity (Wildman–Crippen MR) is 37.6 cm³/mol. The quantitative estimate of drug-likeness (QED) is 0.552. The molecular weight excluding hydrogens is 128 g/mol. The molecule has 0 unspecified atom stereocenters. The van der Waals surface area contributed by atoms with Crippen molar-refractivity contribution in [3.63, 3.8) is 0 Å². The SMILES string of the molecule is O=CC[C@H]1CCC[C@@H]1C=O. The Hall–Kier alpha value is -0.660. The van der Waals surface area contributed by atoms with Crippen molar-refractivity contribution in [2.24, 2.45) is 11.8 Å². The summed E-state index contributed by atoms with van der Waals surface area (Å²) in [6.45, 7) is 0. The molecule has 2 atom stereocenters. The molecule has 0 saturated heterocycles. The van der Waals surface area contributed by atoms with Gasteiger partial charge < -0.3 is 9.59 Å². The van der Waals surface area contributed by atoms with Crippen molar-refractivity contribution in [3.05, 3.63) is 0 Å². The van der Waals surface area contributed by atoms with Crippen LogP contribution in [-0.4, -0.2) is 12.6 Å². The van der Waals surface area contributed by atoms with Crippen molar-refractivity contribution in [2.45, 2.75) is 25.7 Å². The summed E-state index contributed by atoms with van der Waals surface area (Å²) in [4.78, 5) is 20.5. The van der Waals surface area contributed by atoms with Gasteiger partial charge in [0.1, 0.15) is 12.6 Å². The Morgan fingerprint density at radius 3 is 2.70 bits per heavy atom. The number of hydrogen-bond acceptors (Lipinski definition) is 2. The second-order valence-electron chi connectivity index (χ2n) is 2.89. The molecule has 0 radical (unpaired) electrons. The first kappa shape index (κ1) is 7.45. The van der Waals surface area contributed by atoms with Gasteiger partial charge in [0.15, 0.2) is 0 Å². The van der Waals surface area contributed by atoms with E-state index in [2.05, 4.69) is 0 Å². The van der Waals surface area contributed by atoms with E-state index >= 15 is 0 Å². The van der Waals surface area contributed by atoms with Crippen LogP contribution in [0.4, 0.5) is 0 Å². The van der Waals surface area contributed by atoms with E-state index in [-0.39, 0.29) is 5.92 Å². The van der Waals surface area contributed by atoms with Crippen molar-refractivity contribution in [2.75, 3.05) is 0 Å². The third-order valence-electron chi connectivity index (χ3n) is 2.29. The van der Waals surface area contributed by atoms with Gasteiger partial charge in [0.25, 0.3) is 0 Å². The zero-order valence-electron chi connectivity index (χ0n) is 5.95. The Bertz CT molecular complexity index is 131. The van der Waals surface area contributed by atoms with Crippen molar-refractivity contribution in [3.8, 4) is 0 Å². The highest BCUT2D eigenvalue weighted by molar-refractivity contribution is 5.57. The minimum atomic E-state index is 0.171. The molecule has 2 heteroatoms. The maximum atomic E-state index is 10.4. The second kappa shape index (κ2) is 3.49. The minimum absolute atomic E-state index is 0.171. The fourth-order valence-corrected chi connectivity index (χ4v) is 1.66. The topological polar surface area (TPSA) is 34.1 Å². The second-order valence-corrected chi connectivity index (χ2v) is 2.89. The van der Waals surface area contributed by atoms with E-state index in [1.54, 1.807) is 0 Å². The maximum absolute atomic E-state index is 10.4. The van der Waals surface area contributed by atoms with Gasteiger partial charge in [0.05, 0.1) is 0 Å². The van der Waals surface area contributed by atoms with Crippen LogP contribution < -0.4 is 0 Å². The van der Waals surface area contributed by atoms with Crippen LogP contribution in [0, 0.1) is 11.8 Å². The molecule has 56 valence electrons. The van der Waals surface area contributed by atoms with Crippen LogP contribution in [0.2, 0.25) is 0 Å². The van der Waals surface area contributed by atoms with Crippen LogP contribution in [0.15, 0.2) is 0 Å². The molecule has 0 heterocycles. The molecule has 1 saturated carbocycles. The van der Waals surface area contributed by atoms with Crippen LogP contribution in [0.1, 0.15) is 25.7 Å². The van der Waals surface area contributed by atoms with Gasteiger partial charge in [0.2, 0.25) is 0 Å². The zero-order chi connectivity index (χ0) is 7.40. The highest BCUT2D eigenvalue weighted by atomic mass is 16.1. The molecule has 0 aromatic carbocycles. The van der Waals surface area contributed by atoms with Crippen molar-refractivity contribution < 1.29 is 9.59 Å². The zero-order valence-corrected chi connectivity index (χ0v) is 5.95. The highest BCUT2D eigenvalue weighted by Gasteiger charge is 2.25. The van der Waals surface area contributed by atoms with E-state index < -0.39 is 0 Å². The number of carbonyl (C=O) groups excluding carboxylic acids is 2. The summed E-state index contributed by atoms with van der Waals surface area (Å²) in [5.74, 6) is 0.528. The van der Waals surface area contributed by atoms with Crippen LogP contribution >= 0.6 is 0 Å². The van der Waals surface area contributed by atoms with Crippen molar-refractivity contribution >= 4 is 12.6 Å². The minimum Gasteiger partial charge on any atom is -0.303 e. The highest BCUT2D eigenvalue weighted by Crippen LogP contribution is 2.31. The molecule has 1 rings (SSSR count). The largest absolute Gasteiger partial charge is 0.303 e. The average Bonchev–Trinajstić information content (AvgIpc) is 2.36. The summed E-state index contributed by atoms with van der Waals surface area (Å²) in [5, 5.41) is 0. The molecule has 0 N–H and O–H groups in total. The first-order valence-corrected chi connectivity index (χ1v) is 3.77. The third-order valence-corrected chi connectivity index (χ3v) is 2.29. The molecule has 1 aliphatic carbocycles. The van der Waals surface area contributed by atoms with Crippen molar-refractivity contribution in [1.82, 2.24) is 0 Å². The summed E-state index contributed by atoms with van der Waals surface area (Å²) in [6, 6.07) is 0. The molecule has 1 fully saturated rings. The van der Waals surface area contributed by atoms with E-state index in [4.69, 9.17) is 0 Å². The van der Waals surface area contributed by atoms with Gasteiger partial charge in [-0.1, -0.05) is 6.42 Å². The van der Waals surface area contributed by atoms with Gasteiger partial charge in [-0.2, -0.15) is 0 Å². The maximum Gasteiger partial charge on any atom is 0.123 e. The van der Waals surface area contributed by atoms with Crippen LogP contribution in [-0.2, 0) is 9.59 Å². The summed E-state index contributed by atoms with van der Waals surface area (Å²) >= 11 is 0. The van der Waals surface area contributed by atoms with Crippen LogP contribution in [0.5, 0.6) is 0 Å². The van der Waals surface area contributed by atoms with Gasteiger partial charge in [-0.15, -0.1) is 0 Å². The fraction of sp³-hybridized carbons (Fsp3) is 0.750. The predicted octanol–water partition coefficient (Wildman–Crippen LogP) is 1.19. The average molecular weight is 140 g/mol. The Kier molecular flexibility index (Phi) is 2.60. The Morgan fingerprint density at radius 2 is 2.10 bits per heavy atom. The Balaban J connectivity index is 2.41. The standard InChI is InChI=1S/C8H12O2/c9-5-4-7-2-1-3-8(7)6-10/h5-8H,1-4H2/t7-,8-/m1/s1. The van der Waals surface area contributed by atoms with E-state index in [1.165, 1.54) is 0 Å². The lowest BCUT2D eigenvalue weighted by Gasteiger charge is -2.08. The molecule has 1 aliphatic rings. The number of aldehydes is 2. The van der Waals surface area contributed by atoms with E-state index in [9.17, 15) is 9.59 Å². The van der Waals surface area contributed by atoms with E-state index in [0.29, 0.717) is 12.3 Å². The van der Waals surface area contributed by atoms with Gasteiger partial charge in [-0.25, -0.2) is 0 Å². The summed E-state index contributed by atoms with van der Waals surface area (Å²) in [5.41, 5.74) is 0. The van der Waals surface area contributed by atoms with Gasteiger partial charge in [0, 0.05) is 12.3 Å². The molecule has 0 bridgehead atoms. The number of hydrogen-bond donors (Lipinski definition) is 0. The molecule has 0 spiro atoms. The monoisotopic (exact) mass is 140 g/mol. The third kappa shape index (κ3) is 1.43. The van der Waals surface area contributed by atoms with E-state index in [1.807, 2.05) is 0 Å². The molecule has 0 amide bonds. The molecule has 0 aromatic rings. The first-order valence-electron chi connectivity index (χ1n) is 3.77. The van der Waals surface area contributed by atoms with Crippen molar-refractivity contribution in [1.29, 1.82) is 0 Å². The Labute approximate surface area is 60.6 Å². The number of rotatable bonds is 3. The Morgan fingerprint density at radius 1 is 1.30 bits per heavy atom. The lowest BCUT2D eigenvalue weighted by atomic mass is 9.95. The summed E-state index contributed by atoms with van der Waals surface area (Å²) < 4.78 is 0. The molecule has 2 nitrogen and oxygen atoms in total. The first-order chi connectivity index (χ1) is 4.88. The lowest BCUT2D eigenvalue weighted by Crippen LogP contribution is -2.09. The van der Waals surface area contributed by atoms with E-state index in [0.717, 1.165) is 31.8 Å². The van der Waals surface area contributed by atoms with Gasteiger partial charge in [-0.3, -0.25) is 0 Å². The number of carbonyl (C=O) groups is 2. The fourth-order valence-electron chi connectivity index (χ4n) is 1.66. The summed E-state index contributed by atoms with van der Waals surface area (Å²) in [6.07, 6.45) is 5.66. The van der Waals surface area contributed by atoms with Gasteiger partial charge >= 0.3 is 0 Å². The summed E-state index contributed by atoms with van der Waals surface area (Å²) in [7, 11) is 0. The lowest BCUT2D eigenvalue weighted by molar-refractivity contribution is -0.113. The molecular formula is C8H12O2. The molecule has 0 aliphatic heterocycles. The van der Waals surface area contributed by atoms with Crippen LogP contribution in [0.25, 0.3) is 0 Å². The smallest absolute Gasteiger partial charge is 0.123 e. The van der Waals surface area contributed by atoms with Crippen LogP contribution in [0.3, 0.4) is 0 Å². The molecule has 0 aromatic heterocycles. The molecule has 10 heavy (non-hydrogen) atoms. The normalized spacial score (nSPS) is 32.0.